The molecule has 4 nitrogen and oxygen atoms in total. The van der Waals surface area contributed by atoms with E-state index in [2.05, 4.69) is 32.9 Å². The number of hydrogen-bond acceptors (Lipinski definition) is 3. The number of hydrogen-bond donors (Lipinski definition) is 0. The van der Waals surface area contributed by atoms with Crippen molar-refractivity contribution >= 4 is 40.9 Å². The number of nitrogens with zero attached hydrogens (tertiary/aromatic N) is 2. The van der Waals surface area contributed by atoms with Crippen molar-refractivity contribution < 1.29 is 9.59 Å². The fourth-order valence-electron chi connectivity index (χ4n) is 4.98. The van der Waals surface area contributed by atoms with Crippen LogP contribution in [0.5, 0.6) is 0 Å². The summed E-state index contributed by atoms with van der Waals surface area (Å²) in [7, 11) is 0. The molecular formula is C25H27ClN2O2S. The third kappa shape index (κ3) is 3.20. The molecule has 1 spiro atoms. The molecule has 2 heterocycles. The molecule has 31 heavy (non-hydrogen) atoms. The second kappa shape index (κ2) is 7.28. The zero-order valence-corrected chi connectivity index (χ0v) is 19.7. The maximum atomic E-state index is 14.2. The molecule has 2 fully saturated rings. The van der Waals surface area contributed by atoms with Gasteiger partial charge in [0, 0.05) is 27.8 Å². The van der Waals surface area contributed by atoms with Gasteiger partial charge in [-0.05, 0) is 62.9 Å². The van der Waals surface area contributed by atoms with E-state index in [1.165, 1.54) is 0 Å². The van der Waals surface area contributed by atoms with Crippen LogP contribution in [0.2, 0.25) is 5.02 Å². The molecule has 2 aromatic rings. The minimum Gasteiger partial charge on any atom is -0.314 e. The fraction of sp³-hybridized carbons (Fsp3) is 0.440. The minimum absolute atomic E-state index is 0.0312. The van der Waals surface area contributed by atoms with Gasteiger partial charge in [-0.1, -0.05) is 42.3 Å². The van der Waals surface area contributed by atoms with Gasteiger partial charge in [-0.15, -0.1) is 11.8 Å². The topological polar surface area (TPSA) is 40.6 Å². The highest BCUT2D eigenvalue weighted by Crippen LogP contribution is 2.60. The molecule has 0 N–H and O–H groups in total. The Kier molecular flexibility index (Phi) is 4.91. The molecule has 3 aliphatic rings. The first-order valence-electron chi connectivity index (χ1n) is 10.9. The number of benzene rings is 2. The number of aryl methyl sites for hydroxylation is 1. The quantitative estimate of drug-likeness (QED) is 0.614. The van der Waals surface area contributed by atoms with Crippen molar-refractivity contribution in [3.8, 4) is 0 Å². The second-order valence-corrected chi connectivity index (χ2v) is 11.9. The Labute approximate surface area is 192 Å². The van der Waals surface area contributed by atoms with Crippen molar-refractivity contribution in [2.24, 2.45) is 5.92 Å². The highest BCUT2D eigenvalue weighted by atomic mass is 35.5. The number of rotatable bonds is 3. The molecule has 5 rings (SSSR count). The van der Waals surface area contributed by atoms with Gasteiger partial charge in [0.15, 0.2) is 4.87 Å². The van der Waals surface area contributed by atoms with E-state index in [1.54, 1.807) is 11.8 Å². The molecule has 1 saturated carbocycles. The molecular weight excluding hydrogens is 428 g/mol. The predicted octanol–water partition coefficient (Wildman–Crippen LogP) is 5.50. The first-order valence-corrected chi connectivity index (χ1v) is 12.1. The van der Waals surface area contributed by atoms with Crippen LogP contribution in [0.3, 0.4) is 0 Å². The van der Waals surface area contributed by atoms with Crippen LogP contribution < -0.4 is 4.90 Å². The van der Waals surface area contributed by atoms with Crippen LogP contribution in [-0.4, -0.2) is 28.0 Å². The lowest BCUT2D eigenvalue weighted by atomic mass is 9.83. The Bertz CT molecular complexity index is 1080. The van der Waals surface area contributed by atoms with Crippen LogP contribution in [0.4, 0.5) is 5.69 Å². The molecule has 6 heteroatoms. The number of thioether (sulfide) groups is 1. The number of halogens is 1. The Balaban J connectivity index is 1.64. The lowest BCUT2D eigenvalue weighted by molar-refractivity contribution is -0.146. The first-order chi connectivity index (χ1) is 14.7. The van der Waals surface area contributed by atoms with Gasteiger partial charge >= 0.3 is 0 Å². The molecule has 0 radical (unpaired) electrons. The van der Waals surface area contributed by atoms with Crippen molar-refractivity contribution in [3.05, 3.63) is 64.2 Å². The van der Waals surface area contributed by atoms with E-state index in [0.29, 0.717) is 18.1 Å². The van der Waals surface area contributed by atoms with Crippen molar-refractivity contribution in [2.75, 3.05) is 11.4 Å². The van der Waals surface area contributed by atoms with Crippen LogP contribution in [0, 0.1) is 12.8 Å². The Morgan fingerprint density at radius 3 is 2.61 bits per heavy atom. The number of fused-ring (bicyclic) bond motifs is 2. The summed E-state index contributed by atoms with van der Waals surface area (Å²) in [5.74, 6) is 0.116. The van der Waals surface area contributed by atoms with Gasteiger partial charge in [-0.3, -0.25) is 9.59 Å². The van der Waals surface area contributed by atoms with E-state index in [-0.39, 0.29) is 22.5 Å². The fourth-order valence-corrected chi connectivity index (χ4v) is 6.89. The van der Waals surface area contributed by atoms with Gasteiger partial charge in [-0.25, -0.2) is 0 Å². The van der Waals surface area contributed by atoms with E-state index in [1.807, 2.05) is 40.1 Å². The largest absolute Gasteiger partial charge is 0.314 e. The molecule has 0 aromatic heterocycles. The average Bonchev–Trinajstić information content (AvgIpc) is 3.08. The smallest absolute Gasteiger partial charge is 0.268 e. The summed E-state index contributed by atoms with van der Waals surface area (Å²) in [6, 6.07) is 13.8. The standard InChI is InChI=1S/C25H27ClN2O2S/c1-16-7-4-5-8-18(16)14-27-21-12-11-19(26)13-20(21)25(23(27)30)28(15-24(2,3)31-25)22(29)17-9-6-10-17/h4-5,7-8,11-13,17H,6,9-10,14-15H2,1-3H3/t25-/m0/s1. The normalized spacial score (nSPS) is 24.6. The van der Waals surface area contributed by atoms with Crippen LogP contribution in [0.15, 0.2) is 42.5 Å². The lowest BCUT2D eigenvalue weighted by Crippen LogP contribution is -2.52. The summed E-state index contributed by atoms with van der Waals surface area (Å²) in [6.45, 7) is 7.34. The summed E-state index contributed by atoms with van der Waals surface area (Å²) in [6.07, 6.45) is 2.92. The molecule has 162 valence electrons. The first kappa shape index (κ1) is 20.9. The van der Waals surface area contributed by atoms with Crippen LogP contribution >= 0.6 is 23.4 Å². The Morgan fingerprint density at radius 2 is 1.94 bits per heavy atom. The third-order valence-corrected chi connectivity index (χ3v) is 8.63. The summed E-state index contributed by atoms with van der Waals surface area (Å²) < 4.78 is -0.229. The monoisotopic (exact) mass is 454 g/mol. The number of carbonyl (C=O) groups excluding carboxylic acids is 2. The number of carbonyl (C=O) groups is 2. The van der Waals surface area contributed by atoms with Crippen molar-refractivity contribution in [1.29, 1.82) is 0 Å². The van der Waals surface area contributed by atoms with Crippen LogP contribution in [0.25, 0.3) is 0 Å². The molecule has 1 aliphatic carbocycles. The van der Waals surface area contributed by atoms with E-state index >= 15 is 0 Å². The minimum atomic E-state index is -1.04. The van der Waals surface area contributed by atoms with Crippen LogP contribution in [-0.2, 0) is 21.0 Å². The maximum absolute atomic E-state index is 14.2. The maximum Gasteiger partial charge on any atom is 0.268 e. The lowest BCUT2D eigenvalue weighted by Gasteiger charge is -2.37. The summed E-state index contributed by atoms with van der Waals surface area (Å²) in [5, 5.41) is 0.588. The van der Waals surface area contributed by atoms with Gasteiger partial charge in [0.05, 0.1) is 12.2 Å². The molecule has 2 amide bonds. The molecule has 0 unspecified atom stereocenters. The number of amides is 2. The highest BCUT2D eigenvalue weighted by molar-refractivity contribution is 8.02. The predicted molar refractivity (Wildman–Crippen MR) is 126 cm³/mol. The van der Waals surface area contributed by atoms with Gasteiger partial charge in [-0.2, -0.15) is 0 Å². The van der Waals surface area contributed by atoms with Crippen LogP contribution in [0.1, 0.15) is 49.8 Å². The molecule has 2 aromatic carbocycles. The van der Waals surface area contributed by atoms with Gasteiger partial charge in [0.25, 0.3) is 5.91 Å². The SMILES string of the molecule is Cc1ccccc1CN1C(=O)[C@@]2(SC(C)(C)CN2C(=O)C2CCC2)c2cc(Cl)ccc21. The van der Waals surface area contributed by atoms with E-state index in [4.69, 9.17) is 11.6 Å². The van der Waals surface area contributed by atoms with Gasteiger partial charge in [0.1, 0.15) is 0 Å². The molecule has 1 atom stereocenters. The zero-order valence-electron chi connectivity index (χ0n) is 18.2. The van der Waals surface area contributed by atoms with Crippen molar-refractivity contribution in [3.63, 3.8) is 0 Å². The van der Waals surface area contributed by atoms with E-state index in [9.17, 15) is 9.59 Å². The summed E-state index contributed by atoms with van der Waals surface area (Å²) in [4.78, 5) is 30.4. The average molecular weight is 455 g/mol. The Hall–Kier alpha value is -1.98. The van der Waals surface area contributed by atoms with Gasteiger partial charge < -0.3 is 9.80 Å². The van der Waals surface area contributed by atoms with Crippen molar-refractivity contribution in [1.82, 2.24) is 4.90 Å². The molecule has 1 saturated heterocycles. The molecule has 2 aliphatic heterocycles. The summed E-state index contributed by atoms with van der Waals surface area (Å²) >= 11 is 8.02. The second-order valence-electron chi connectivity index (χ2n) is 9.54. The van der Waals surface area contributed by atoms with Crippen molar-refractivity contribution in [2.45, 2.75) is 56.2 Å². The zero-order chi connectivity index (χ0) is 22.0. The highest BCUT2D eigenvalue weighted by Gasteiger charge is 2.64. The van der Waals surface area contributed by atoms with Gasteiger partial charge in [0.2, 0.25) is 5.91 Å². The summed E-state index contributed by atoms with van der Waals surface area (Å²) in [5.41, 5.74) is 3.96. The molecule has 0 bridgehead atoms. The number of anilines is 1. The van der Waals surface area contributed by atoms with E-state index < -0.39 is 4.87 Å². The Morgan fingerprint density at radius 1 is 1.19 bits per heavy atom. The third-order valence-electron chi connectivity index (χ3n) is 6.80. The van der Waals surface area contributed by atoms with E-state index in [0.717, 1.165) is 41.6 Å².